The fourth-order valence-electron chi connectivity index (χ4n) is 1.40. The first-order valence-electron chi connectivity index (χ1n) is 5.88. The van der Waals surface area contributed by atoms with Crippen LogP contribution in [0, 0.1) is 0 Å². The molecule has 0 aliphatic carbocycles. The average Bonchev–Trinajstić information content (AvgIpc) is 2.23. The number of amides is 1. The second-order valence-electron chi connectivity index (χ2n) is 5.16. The summed E-state index contributed by atoms with van der Waals surface area (Å²) in [5.41, 5.74) is 5.61. The smallest absolute Gasteiger partial charge is 0.422 e. The summed E-state index contributed by atoms with van der Waals surface area (Å²) < 4.78 is 5.11. The van der Waals surface area contributed by atoms with Crippen molar-refractivity contribution in [3.05, 3.63) is 33.8 Å². The summed E-state index contributed by atoms with van der Waals surface area (Å²) in [6, 6.07) is 5.04. The minimum Gasteiger partial charge on any atom is -0.443 e. The van der Waals surface area contributed by atoms with E-state index in [2.05, 4.69) is 10.9 Å². The Kier molecular flexibility index (Phi) is 5.47. The van der Waals surface area contributed by atoms with Crippen molar-refractivity contribution in [3.8, 4) is 0 Å². The summed E-state index contributed by atoms with van der Waals surface area (Å²) in [5.74, 6) is 0. The third-order valence-corrected chi connectivity index (χ3v) is 2.78. The first kappa shape index (κ1) is 16.1. The minimum absolute atomic E-state index is 0.169. The molecule has 0 saturated carbocycles. The van der Waals surface area contributed by atoms with Gasteiger partial charge in [0.1, 0.15) is 5.60 Å². The molecule has 1 rings (SSSR count). The number of ether oxygens (including phenoxy) is 1. The van der Waals surface area contributed by atoms with Crippen LogP contribution in [0.4, 0.5) is 4.79 Å². The van der Waals surface area contributed by atoms with Crippen LogP contribution < -0.4 is 10.9 Å². The van der Waals surface area contributed by atoms with Crippen LogP contribution in [0.5, 0.6) is 0 Å². The third kappa shape index (κ3) is 5.68. The molecular weight excluding hydrogens is 287 g/mol. The van der Waals surface area contributed by atoms with Crippen LogP contribution >= 0.6 is 23.2 Å². The number of hydrogen-bond donors (Lipinski definition) is 2. The molecular formula is C13H18Cl2N2O2. The van der Waals surface area contributed by atoms with E-state index in [1.165, 1.54) is 0 Å². The van der Waals surface area contributed by atoms with Crippen LogP contribution in [-0.2, 0) is 4.74 Å². The average molecular weight is 305 g/mol. The summed E-state index contributed by atoms with van der Waals surface area (Å²) in [5, 5.41) is 1.11. The Morgan fingerprint density at radius 1 is 1.32 bits per heavy atom. The Bertz CT molecular complexity index is 458. The lowest BCUT2D eigenvalue weighted by molar-refractivity contribution is 0.0489. The van der Waals surface area contributed by atoms with Gasteiger partial charge in [0.05, 0.1) is 0 Å². The number of hydrogen-bond acceptors (Lipinski definition) is 3. The Hall–Kier alpha value is -0.970. The molecule has 4 nitrogen and oxygen atoms in total. The molecule has 0 heterocycles. The largest absolute Gasteiger partial charge is 0.443 e. The Balaban J connectivity index is 2.56. The molecule has 2 N–H and O–H groups in total. The highest BCUT2D eigenvalue weighted by molar-refractivity contribution is 6.35. The highest BCUT2D eigenvalue weighted by Crippen LogP contribution is 2.25. The Morgan fingerprint density at radius 2 is 1.95 bits per heavy atom. The quantitative estimate of drug-likeness (QED) is 0.827. The molecule has 0 aromatic heterocycles. The normalized spacial score (nSPS) is 12.9. The van der Waals surface area contributed by atoms with Crippen LogP contribution in [-0.4, -0.2) is 11.7 Å². The first-order valence-corrected chi connectivity index (χ1v) is 6.64. The molecule has 0 aliphatic heterocycles. The number of carbonyl (C=O) groups is 1. The van der Waals surface area contributed by atoms with Crippen molar-refractivity contribution in [3.63, 3.8) is 0 Å². The molecule has 1 amide bonds. The predicted octanol–water partition coefficient (Wildman–Crippen LogP) is 4.08. The van der Waals surface area contributed by atoms with Crippen LogP contribution in [0.2, 0.25) is 10.0 Å². The van der Waals surface area contributed by atoms with E-state index in [4.69, 9.17) is 27.9 Å². The van der Waals surface area contributed by atoms with Crippen molar-refractivity contribution in [2.24, 2.45) is 0 Å². The molecule has 0 aliphatic rings. The number of halogens is 2. The Labute approximate surface area is 123 Å². The standard InChI is InChI=1S/C13H18Cl2N2O2/c1-8(10-6-5-9(14)7-11(10)15)16-17-12(18)19-13(2,3)4/h5-8,16H,1-4H3,(H,17,18). The summed E-state index contributed by atoms with van der Waals surface area (Å²) >= 11 is 11.9. The Morgan fingerprint density at radius 3 is 2.47 bits per heavy atom. The van der Waals surface area contributed by atoms with Gasteiger partial charge in [-0.15, -0.1) is 0 Å². The zero-order valence-electron chi connectivity index (χ0n) is 11.4. The second-order valence-corrected chi connectivity index (χ2v) is 6.00. The highest BCUT2D eigenvalue weighted by atomic mass is 35.5. The minimum atomic E-state index is -0.538. The van der Waals surface area contributed by atoms with E-state index < -0.39 is 11.7 Å². The predicted molar refractivity (Wildman–Crippen MR) is 77.4 cm³/mol. The number of carbonyl (C=O) groups excluding carboxylic acids is 1. The van der Waals surface area contributed by atoms with E-state index in [0.717, 1.165) is 5.56 Å². The fraction of sp³-hybridized carbons (Fsp3) is 0.462. The molecule has 1 atom stereocenters. The molecule has 0 spiro atoms. The van der Waals surface area contributed by atoms with Gasteiger partial charge in [0.25, 0.3) is 0 Å². The van der Waals surface area contributed by atoms with Crippen LogP contribution in [0.3, 0.4) is 0 Å². The van der Waals surface area contributed by atoms with Crippen LogP contribution in [0.25, 0.3) is 0 Å². The van der Waals surface area contributed by atoms with Crippen molar-refractivity contribution in [2.75, 3.05) is 0 Å². The maximum absolute atomic E-state index is 11.5. The maximum Gasteiger partial charge on any atom is 0.422 e. The van der Waals surface area contributed by atoms with Gasteiger partial charge < -0.3 is 4.74 Å². The maximum atomic E-state index is 11.5. The zero-order chi connectivity index (χ0) is 14.6. The summed E-state index contributed by atoms with van der Waals surface area (Å²) in [6.45, 7) is 7.26. The van der Waals surface area contributed by atoms with Gasteiger partial charge in [0.15, 0.2) is 0 Å². The highest BCUT2D eigenvalue weighted by Gasteiger charge is 2.17. The molecule has 1 aromatic carbocycles. The van der Waals surface area contributed by atoms with Gasteiger partial charge in [-0.2, -0.15) is 0 Å². The second kappa shape index (κ2) is 6.46. The van der Waals surface area contributed by atoms with Crippen molar-refractivity contribution in [1.82, 2.24) is 10.9 Å². The molecule has 1 aromatic rings. The van der Waals surface area contributed by atoms with Gasteiger partial charge in [0.2, 0.25) is 0 Å². The van der Waals surface area contributed by atoms with Gasteiger partial charge in [-0.3, -0.25) is 5.43 Å². The molecule has 0 bridgehead atoms. The van der Waals surface area contributed by atoms with E-state index in [9.17, 15) is 4.79 Å². The van der Waals surface area contributed by atoms with Crippen molar-refractivity contribution >= 4 is 29.3 Å². The number of rotatable bonds is 3. The van der Waals surface area contributed by atoms with Gasteiger partial charge in [0, 0.05) is 16.1 Å². The van der Waals surface area contributed by atoms with Gasteiger partial charge in [-0.25, -0.2) is 10.2 Å². The topological polar surface area (TPSA) is 50.4 Å². The SMILES string of the molecule is CC(NNC(=O)OC(C)(C)C)c1ccc(Cl)cc1Cl. The number of nitrogens with one attached hydrogen (secondary N) is 2. The van der Waals surface area contributed by atoms with Crippen LogP contribution in [0.1, 0.15) is 39.3 Å². The van der Waals surface area contributed by atoms with Crippen molar-refractivity contribution < 1.29 is 9.53 Å². The fourth-order valence-corrected chi connectivity index (χ4v) is 1.97. The van der Waals surface area contributed by atoms with Crippen molar-refractivity contribution in [2.45, 2.75) is 39.3 Å². The lowest BCUT2D eigenvalue weighted by Gasteiger charge is -2.21. The first-order chi connectivity index (χ1) is 8.69. The summed E-state index contributed by atoms with van der Waals surface area (Å²) in [4.78, 5) is 11.5. The van der Waals surface area contributed by atoms with Gasteiger partial charge >= 0.3 is 6.09 Å². The molecule has 0 saturated heterocycles. The number of hydrazine groups is 1. The number of benzene rings is 1. The third-order valence-electron chi connectivity index (χ3n) is 2.22. The molecule has 19 heavy (non-hydrogen) atoms. The molecule has 0 fully saturated rings. The summed E-state index contributed by atoms with van der Waals surface area (Å²) in [7, 11) is 0. The molecule has 1 unspecified atom stereocenters. The monoisotopic (exact) mass is 304 g/mol. The lowest BCUT2D eigenvalue weighted by atomic mass is 10.1. The van der Waals surface area contributed by atoms with E-state index in [1.807, 2.05) is 6.92 Å². The van der Waals surface area contributed by atoms with E-state index in [0.29, 0.717) is 10.0 Å². The van der Waals surface area contributed by atoms with E-state index in [-0.39, 0.29) is 6.04 Å². The van der Waals surface area contributed by atoms with Gasteiger partial charge in [-0.1, -0.05) is 29.3 Å². The summed E-state index contributed by atoms with van der Waals surface area (Å²) in [6.07, 6.45) is -0.538. The van der Waals surface area contributed by atoms with Crippen LogP contribution in [0.15, 0.2) is 18.2 Å². The zero-order valence-corrected chi connectivity index (χ0v) is 12.9. The van der Waals surface area contributed by atoms with E-state index in [1.54, 1.807) is 39.0 Å². The van der Waals surface area contributed by atoms with Gasteiger partial charge in [-0.05, 0) is 45.4 Å². The van der Waals surface area contributed by atoms with Crippen molar-refractivity contribution in [1.29, 1.82) is 0 Å². The molecule has 106 valence electrons. The lowest BCUT2D eigenvalue weighted by Crippen LogP contribution is -2.42. The molecule has 0 radical (unpaired) electrons. The van der Waals surface area contributed by atoms with E-state index >= 15 is 0 Å². The molecule has 6 heteroatoms.